The van der Waals surface area contributed by atoms with Crippen molar-refractivity contribution in [3.05, 3.63) is 0 Å². The zero-order chi connectivity index (χ0) is 16.6. The average molecular weight is 336 g/mol. The molecule has 4 aliphatic rings. The van der Waals surface area contributed by atoms with Gasteiger partial charge in [0.2, 0.25) is 11.8 Å². The topological polar surface area (TPSA) is 65.1 Å². The summed E-state index contributed by atoms with van der Waals surface area (Å²) in [6.07, 6.45) is 3.02. The lowest BCUT2D eigenvalue weighted by Gasteiger charge is -2.40. The molecule has 0 saturated carbocycles. The van der Waals surface area contributed by atoms with E-state index in [4.69, 9.17) is 4.74 Å². The third kappa shape index (κ3) is 3.17. The molecule has 4 heterocycles. The molecule has 1 spiro atoms. The number of fused-ring (bicyclic) bond motifs is 1. The number of ether oxygens (including phenoxy) is 1. The van der Waals surface area contributed by atoms with E-state index in [1.807, 2.05) is 4.90 Å². The second kappa shape index (κ2) is 6.61. The van der Waals surface area contributed by atoms with E-state index in [1.165, 1.54) is 0 Å². The van der Waals surface area contributed by atoms with E-state index in [9.17, 15) is 9.59 Å². The highest BCUT2D eigenvalue weighted by Gasteiger charge is 2.49. The van der Waals surface area contributed by atoms with Gasteiger partial charge >= 0.3 is 0 Å². The minimum atomic E-state index is 0.0642. The number of morpholine rings is 1. The van der Waals surface area contributed by atoms with Crippen LogP contribution >= 0.6 is 0 Å². The van der Waals surface area contributed by atoms with E-state index in [2.05, 4.69) is 15.1 Å². The van der Waals surface area contributed by atoms with Gasteiger partial charge in [-0.15, -0.1) is 0 Å². The fourth-order valence-corrected chi connectivity index (χ4v) is 4.72. The first-order valence-electron chi connectivity index (χ1n) is 9.25. The Morgan fingerprint density at radius 1 is 1.17 bits per heavy atom. The van der Waals surface area contributed by atoms with Crippen LogP contribution in [0.3, 0.4) is 0 Å². The van der Waals surface area contributed by atoms with Gasteiger partial charge in [-0.25, -0.2) is 0 Å². The molecule has 24 heavy (non-hydrogen) atoms. The summed E-state index contributed by atoms with van der Waals surface area (Å²) >= 11 is 0. The summed E-state index contributed by atoms with van der Waals surface area (Å²) in [5.74, 6) is 0.448. The summed E-state index contributed by atoms with van der Waals surface area (Å²) in [5.41, 5.74) is 0.238. The van der Waals surface area contributed by atoms with Crippen LogP contribution in [0.5, 0.6) is 0 Å². The van der Waals surface area contributed by atoms with Crippen molar-refractivity contribution < 1.29 is 14.3 Å². The molecule has 0 bridgehead atoms. The van der Waals surface area contributed by atoms with Gasteiger partial charge in [-0.2, -0.15) is 0 Å². The van der Waals surface area contributed by atoms with Crippen molar-refractivity contribution in [3.63, 3.8) is 0 Å². The van der Waals surface area contributed by atoms with Gasteiger partial charge in [-0.05, 0) is 24.7 Å². The first kappa shape index (κ1) is 16.3. The monoisotopic (exact) mass is 336 g/mol. The Morgan fingerprint density at radius 2 is 1.92 bits per heavy atom. The molecule has 0 aromatic carbocycles. The predicted molar refractivity (Wildman–Crippen MR) is 88.5 cm³/mol. The van der Waals surface area contributed by atoms with E-state index in [1.54, 1.807) is 0 Å². The molecule has 4 fully saturated rings. The maximum atomic E-state index is 12.5. The van der Waals surface area contributed by atoms with Crippen LogP contribution in [0.1, 0.15) is 19.3 Å². The van der Waals surface area contributed by atoms with Gasteiger partial charge in [0.15, 0.2) is 0 Å². The summed E-state index contributed by atoms with van der Waals surface area (Å²) in [4.78, 5) is 31.2. The lowest BCUT2D eigenvalue weighted by Crippen LogP contribution is -2.52. The Kier molecular flexibility index (Phi) is 4.49. The molecule has 0 aromatic heterocycles. The Balaban J connectivity index is 1.30. The molecule has 7 heteroatoms. The molecular formula is C17H28N4O3. The van der Waals surface area contributed by atoms with Crippen molar-refractivity contribution >= 4 is 11.8 Å². The van der Waals surface area contributed by atoms with Crippen LogP contribution in [-0.4, -0.2) is 98.1 Å². The lowest BCUT2D eigenvalue weighted by molar-refractivity contribution is -0.135. The van der Waals surface area contributed by atoms with E-state index >= 15 is 0 Å². The van der Waals surface area contributed by atoms with E-state index < -0.39 is 0 Å². The maximum Gasteiger partial charge on any atom is 0.237 e. The van der Waals surface area contributed by atoms with Crippen LogP contribution in [0.25, 0.3) is 0 Å². The second-order valence-electron chi connectivity index (χ2n) is 7.75. The summed E-state index contributed by atoms with van der Waals surface area (Å²) in [7, 11) is 0. The fraction of sp³-hybridized carbons (Fsp3) is 0.882. The van der Waals surface area contributed by atoms with Gasteiger partial charge in [0.1, 0.15) is 0 Å². The Morgan fingerprint density at radius 3 is 2.62 bits per heavy atom. The SMILES string of the molecule is O=C1NCCN2CC3(CCN(C(=O)CN4CCOCC4)CC3)CC12. The normalized spacial score (nSPS) is 31.1. The Bertz CT molecular complexity index is 498. The summed E-state index contributed by atoms with van der Waals surface area (Å²) < 4.78 is 5.34. The van der Waals surface area contributed by atoms with E-state index in [0.717, 1.165) is 78.3 Å². The molecule has 7 nitrogen and oxygen atoms in total. The highest BCUT2D eigenvalue weighted by molar-refractivity contribution is 5.83. The van der Waals surface area contributed by atoms with Gasteiger partial charge in [-0.1, -0.05) is 0 Å². The molecule has 4 rings (SSSR count). The smallest absolute Gasteiger partial charge is 0.237 e. The Hall–Kier alpha value is -1.18. The van der Waals surface area contributed by atoms with Crippen molar-refractivity contribution in [2.24, 2.45) is 5.41 Å². The third-order valence-electron chi connectivity index (χ3n) is 6.25. The van der Waals surface area contributed by atoms with E-state index in [0.29, 0.717) is 6.54 Å². The number of nitrogens with one attached hydrogen (secondary N) is 1. The van der Waals surface area contributed by atoms with Crippen LogP contribution in [0.15, 0.2) is 0 Å². The zero-order valence-electron chi connectivity index (χ0n) is 14.3. The van der Waals surface area contributed by atoms with E-state index in [-0.39, 0.29) is 23.3 Å². The van der Waals surface area contributed by atoms with Crippen molar-refractivity contribution in [3.8, 4) is 0 Å². The number of hydrogen-bond acceptors (Lipinski definition) is 5. The number of carbonyl (C=O) groups excluding carboxylic acids is 2. The largest absolute Gasteiger partial charge is 0.379 e. The number of nitrogens with zero attached hydrogens (tertiary/aromatic N) is 3. The van der Waals surface area contributed by atoms with Gasteiger partial charge in [0.25, 0.3) is 0 Å². The highest BCUT2D eigenvalue weighted by Crippen LogP contribution is 2.43. The summed E-state index contributed by atoms with van der Waals surface area (Å²) in [5, 5.41) is 2.99. The molecular weight excluding hydrogens is 308 g/mol. The molecule has 1 unspecified atom stereocenters. The molecule has 0 aromatic rings. The quantitative estimate of drug-likeness (QED) is 0.710. The minimum Gasteiger partial charge on any atom is -0.379 e. The van der Waals surface area contributed by atoms with Crippen molar-refractivity contribution in [1.29, 1.82) is 0 Å². The molecule has 4 saturated heterocycles. The van der Waals surface area contributed by atoms with Crippen molar-refractivity contribution in [2.75, 3.05) is 65.6 Å². The second-order valence-corrected chi connectivity index (χ2v) is 7.75. The molecule has 0 radical (unpaired) electrons. The van der Waals surface area contributed by atoms with Crippen molar-refractivity contribution in [2.45, 2.75) is 25.3 Å². The van der Waals surface area contributed by atoms with Gasteiger partial charge < -0.3 is 15.0 Å². The number of piperazine rings is 1. The first-order chi connectivity index (χ1) is 11.7. The molecule has 1 N–H and O–H groups in total. The first-order valence-corrected chi connectivity index (χ1v) is 9.25. The van der Waals surface area contributed by atoms with Crippen LogP contribution < -0.4 is 5.32 Å². The molecule has 1 atom stereocenters. The fourth-order valence-electron chi connectivity index (χ4n) is 4.72. The van der Waals surface area contributed by atoms with Crippen LogP contribution in [0.2, 0.25) is 0 Å². The maximum absolute atomic E-state index is 12.5. The van der Waals surface area contributed by atoms with Gasteiger partial charge in [0.05, 0.1) is 25.8 Å². The zero-order valence-corrected chi connectivity index (χ0v) is 14.3. The van der Waals surface area contributed by atoms with Crippen LogP contribution in [0.4, 0.5) is 0 Å². The number of amides is 2. The molecule has 4 aliphatic heterocycles. The predicted octanol–water partition coefficient (Wildman–Crippen LogP) is -0.868. The molecule has 2 amide bonds. The highest BCUT2D eigenvalue weighted by atomic mass is 16.5. The van der Waals surface area contributed by atoms with Crippen LogP contribution in [0, 0.1) is 5.41 Å². The number of hydrogen-bond donors (Lipinski definition) is 1. The number of rotatable bonds is 2. The van der Waals surface area contributed by atoms with Crippen LogP contribution in [-0.2, 0) is 14.3 Å². The van der Waals surface area contributed by atoms with Gasteiger partial charge in [0, 0.05) is 45.8 Å². The molecule has 134 valence electrons. The third-order valence-corrected chi connectivity index (χ3v) is 6.25. The average Bonchev–Trinajstić information content (AvgIpc) is 2.96. The van der Waals surface area contributed by atoms with Crippen molar-refractivity contribution in [1.82, 2.24) is 20.0 Å². The minimum absolute atomic E-state index is 0.0642. The summed E-state index contributed by atoms with van der Waals surface area (Å²) in [6, 6.07) is 0.0642. The number of likely N-dealkylation sites (tertiary alicyclic amines) is 1. The lowest BCUT2D eigenvalue weighted by atomic mass is 9.76. The number of piperidine rings is 1. The Labute approximate surface area is 143 Å². The standard InChI is InChI=1S/C17H28N4O3/c22-15(12-19-7-9-24-10-8-19)20-4-1-17(2-5-20)11-14-16(23)18-3-6-21(14)13-17/h14H,1-13H2,(H,18,23). The summed E-state index contributed by atoms with van der Waals surface area (Å²) in [6.45, 7) is 8.14. The molecule has 0 aliphatic carbocycles. The number of carbonyl (C=O) groups is 2. The van der Waals surface area contributed by atoms with Gasteiger partial charge in [-0.3, -0.25) is 19.4 Å².